The fourth-order valence-electron chi connectivity index (χ4n) is 3.36. The molecule has 0 spiro atoms. The second kappa shape index (κ2) is 6.35. The number of amides is 2. The molecule has 0 unspecified atom stereocenters. The number of nitrogens with two attached hydrogens (primary N) is 1. The van der Waals surface area contributed by atoms with Gasteiger partial charge in [0, 0.05) is 29.9 Å². The van der Waals surface area contributed by atoms with Gasteiger partial charge in [0.1, 0.15) is 0 Å². The van der Waals surface area contributed by atoms with Crippen LogP contribution < -0.4 is 16.0 Å². The van der Waals surface area contributed by atoms with Crippen LogP contribution in [0.3, 0.4) is 0 Å². The molecule has 3 rings (SSSR count). The van der Waals surface area contributed by atoms with Crippen molar-refractivity contribution >= 4 is 23.2 Å². The van der Waals surface area contributed by atoms with Crippen LogP contribution in [0.15, 0.2) is 48.5 Å². The van der Waals surface area contributed by atoms with Crippen molar-refractivity contribution in [2.75, 3.05) is 10.2 Å². The number of nitrogens with zero attached hydrogens (tertiary/aromatic N) is 1. The van der Waals surface area contributed by atoms with Gasteiger partial charge in [-0.2, -0.15) is 0 Å². The van der Waals surface area contributed by atoms with Crippen molar-refractivity contribution in [2.24, 2.45) is 5.73 Å². The molecule has 0 aromatic heterocycles. The Morgan fingerprint density at radius 1 is 1.12 bits per heavy atom. The molecule has 0 radical (unpaired) electrons. The van der Waals surface area contributed by atoms with Crippen molar-refractivity contribution in [3.8, 4) is 0 Å². The number of para-hydroxylation sites is 1. The van der Waals surface area contributed by atoms with E-state index in [0.29, 0.717) is 5.56 Å². The Labute approximate surface area is 141 Å². The number of anilines is 2. The third kappa shape index (κ3) is 2.97. The monoisotopic (exact) mass is 323 g/mol. The Morgan fingerprint density at radius 2 is 1.79 bits per heavy atom. The summed E-state index contributed by atoms with van der Waals surface area (Å²) in [5.74, 6) is -0.380. The van der Waals surface area contributed by atoms with Gasteiger partial charge in [0.2, 0.25) is 11.8 Å². The first kappa shape index (κ1) is 16.1. The molecule has 2 aromatic rings. The molecular weight excluding hydrogens is 302 g/mol. The average Bonchev–Trinajstić information content (AvgIpc) is 2.55. The predicted octanol–water partition coefficient (Wildman–Crippen LogP) is 3.08. The van der Waals surface area contributed by atoms with Crippen LogP contribution in [0.1, 0.15) is 42.2 Å². The van der Waals surface area contributed by atoms with Gasteiger partial charge in [-0.25, -0.2) is 0 Å². The molecule has 2 amide bonds. The first-order valence-electron chi connectivity index (χ1n) is 8.02. The molecule has 2 aromatic carbocycles. The maximum Gasteiger partial charge on any atom is 0.248 e. The zero-order valence-corrected chi connectivity index (χ0v) is 13.8. The number of carbonyl (C=O) groups is 2. The fourth-order valence-corrected chi connectivity index (χ4v) is 3.36. The van der Waals surface area contributed by atoms with Gasteiger partial charge < -0.3 is 16.0 Å². The van der Waals surface area contributed by atoms with Gasteiger partial charge in [-0.05, 0) is 49.2 Å². The highest BCUT2D eigenvalue weighted by Gasteiger charge is 2.31. The summed E-state index contributed by atoms with van der Waals surface area (Å²) in [5, 5.41) is 3.50. The van der Waals surface area contributed by atoms with Gasteiger partial charge in [-0.1, -0.05) is 18.2 Å². The summed E-state index contributed by atoms with van der Waals surface area (Å²) in [4.78, 5) is 25.0. The molecule has 3 N–H and O–H groups in total. The Bertz CT molecular complexity index is 770. The molecule has 1 aliphatic heterocycles. The van der Waals surface area contributed by atoms with E-state index in [2.05, 4.69) is 12.2 Å². The van der Waals surface area contributed by atoms with E-state index < -0.39 is 5.91 Å². The predicted molar refractivity (Wildman–Crippen MR) is 95.0 cm³/mol. The number of carbonyl (C=O) groups excluding carboxylic acids is 2. The summed E-state index contributed by atoms with van der Waals surface area (Å²) in [6.07, 6.45) is 0.814. The third-order valence-electron chi connectivity index (χ3n) is 4.44. The van der Waals surface area contributed by atoms with Crippen molar-refractivity contribution in [3.63, 3.8) is 0 Å². The maximum absolute atomic E-state index is 12.0. The van der Waals surface area contributed by atoms with Crippen LogP contribution in [0.25, 0.3) is 0 Å². The molecule has 0 aliphatic carbocycles. The van der Waals surface area contributed by atoms with Crippen molar-refractivity contribution < 1.29 is 9.59 Å². The van der Waals surface area contributed by atoms with E-state index in [1.807, 2.05) is 41.3 Å². The summed E-state index contributed by atoms with van der Waals surface area (Å²) in [6.45, 7) is 3.66. The molecule has 124 valence electrons. The van der Waals surface area contributed by atoms with Crippen molar-refractivity contribution in [1.82, 2.24) is 0 Å². The summed E-state index contributed by atoms with van der Waals surface area (Å²) in [7, 11) is 0. The number of hydrogen-bond acceptors (Lipinski definition) is 3. The Hall–Kier alpha value is -2.82. The van der Waals surface area contributed by atoms with E-state index in [0.717, 1.165) is 23.4 Å². The molecule has 24 heavy (non-hydrogen) atoms. The molecule has 2 atom stereocenters. The van der Waals surface area contributed by atoms with Crippen molar-refractivity contribution in [3.05, 3.63) is 59.7 Å². The van der Waals surface area contributed by atoms with E-state index in [9.17, 15) is 9.59 Å². The van der Waals surface area contributed by atoms with Gasteiger partial charge in [0.15, 0.2) is 0 Å². The Kier molecular flexibility index (Phi) is 4.25. The lowest BCUT2D eigenvalue weighted by atomic mass is 9.91. The third-order valence-corrected chi connectivity index (χ3v) is 4.44. The van der Waals surface area contributed by atoms with Gasteiger partial charge in [0.25, 0.3) is 0 Å². The molecule has 0 saturated carbocycles. The first-order chi connectivity index (χ1) is 11.5. The highest BCUT2D eigenvalue weighted by Crippen LogP contribution is 2.38. The summed E-state index contributed by atoms with van der Waals surface area (Å²) < 4.78 is 0. The molecule has 5 nitrogen and oxygen atoms in total. The minimum atomic E-state index is -0.435. The van der Waals surface area contributed by atoms with Crippen LogP contribution in [0.4, 0.5) is 11.4 Å². The number of primary amides is 1. The van der Waals surface area contributed by atoms with Crippen molar-refractivity contribution in [2.45, 2.75) is 32.4 Å². The topological polar surface area (TPSA) is 75.4 Å². The molecule has 0 fully saturated rings. The number of nitrogens with one attached hydrogen (secondary N) is 1. The molecule has 5 heteroatoms. The number of hydrogen-bond donors (Lipinski definition) is 2. The highest BCUT2D eigenvalue weighted by molar-refractivity contribution is 5.94. The smallest absolute Gasteiger partial charge is 0.248 e. The van der Waals surface area contributed by atoms with E-state index in [1.54, 1.807) is 19.1 Å². The van der Waals surface area contributed by atoms with Crippen LogP contribution in [-0.2, 0) is 4.79 Å². The molecule has 0 saturated heterocycles. The standard InChI is InChI=1S/C19H21N3O2/c1-12-11-17(21-15-9-7-14(8-10-15)19(20)24)16-5-3-4-6-18(16)22(12)13(2)23/h3-10,12,17,21H,11H2,1-2H3,(H2,20,24)/t12-,17+/m1/s1. The number of fused-ring (bicyclic) bond motifs is 1. The van der Waals surface area contributed by atoms with Gasteiger partial charge in [-0.15, -0.1) is 0 Å². The normalized spacial score (nSPS) is 19.5. The quantitative estimate of drug-likeness (QED) is 0.911. The van der Waals surface area contributed by atoms with Gasteiger partial charge in [-0.3, -0.25) is 9.59 Å². The van der Waals surface area contributed by atoms with Gasteiger partial charge >= 0.3 is 0 Å². The summed E-state index contributed by atoms with van der Waals surface area (Å²) >= 11 is 0. The lowest BCUT2D eigenvalue weighted by molar-refractivity contribution is -0.117. The molecule has 1 aliphatic rings. The van der Waals surface area contributed by atoms with E-state index in [-0.39, 0.29) is 18.0 Å². The van der Waals surface area contributed by atoms with Gasteiger partial charge in [0.05, 0.1) is 6.04 Å². The van der Waals surface area contributed by atoms with E-state index >= 15 is 0 Å². The van der Waals surface area contributed by atoms with Crippen LogP contribution in [0, 0.1) is 0 Å². The average molecular weight is 323 g/mol. The van der Waals surface area contributed by atoms with E-state index in [4.69, 9.17) is 5.73 Å². The largest absolute Gasteiger partial charge is 0.378 e. The SMILES string of the molecule is CC(=O)N1c2ccccc2[C@@H](Nc2ccc(C(N)=O)cc2)C[C@H]1C. The molecule has 0 bridgehead atoms. The minimum Gasteiger partial charge on any atom is -0.378 e. The summed E-state index contributed by atoms with van der Waals surface area (Å²) in [6, 6.07) is 15.3. The van der Waals surface area contributed by atoms with Crippen LogP contribution in [0.2, 0.25) is 0 Å². The second-order valence-corrected chi connectivity index (χ2v) is 6.17. The molecular formula is C19H21N3O2. The molecule has 1 heterocycles. The van der Waals surface area contributed by atoms with Crippen LogP contribution in [0.5, 0.6) is 0 Å². The highest BCUT2D eigenvalue weighted by atomic mass is 16.2. The number of benzene rings is 2. The zero-order valence-electron chi connectivity index (χ0n) is 13.8. The lowest BCUT2D eigenvalue weighted by Gasteiger charge is -2.39. The van der Waals surface area contributed by atoms with Crippen LogP contribution >= 0.6 is 0 Å². The number of rotatable bonds is 3. The maximum atomic E-state index is 12.0. The minimum absolute atomic E-state index is 0.0548. The second-order valence-electron chi connectivity index (χ2n) is 6.17. The first-order valence-corrected chi connectivity index (χ1v) is 8.02. The van der Waals surface area contributed by atoms with Crippen molar-refractivity contribution in [1.29, 1.82) is 0 Å². The fraction of sp³-hybridized carbons (Fsp3) is 0.263. The lowest BCUT2D eigenvalue weighted by Crippen LogP contribution is -2.43. The van der Waals surface area contributed by atoms with E-state index in [1.165, 1.54) is 0 Å². The Balaban J connectivity index is 1.90. The zero-order chi connectivity index (χ0) is 17.3. The Morgan fingerprint density at radius 3 is 2.42 bits per heavy atom. The van der Waals surface area contributed by atoms with Crippen LogP contribution in [-0.4, -0.2) is 17.9 Å². The summed E-state index contributed by atoms with van der Waals surface area (Å²) in [5.41, 5.74) is 8.74.